The van der Waals surface area contributed by atoms with Crippen molar-refractivity contribution in [2.24, 2.45) is 11.3 Å². The molecule has 2 heterocycles. The van der Waals surface area contributed by atoms with Crippen LogP contribution in [0, 0.1) is 11.3 Å². The highest BCUT2D eigenvalue weighted by Gasteiger charge is 2.47. The largest absolute Gasteiger partial charge is 0.496 e. The lowest BCUT2D eigenvalue weighted by Crippen LogP contribution is -2.45. The molecule has 5 heteroatoms. The van der Waals surface area contributed by atoms with Gasteiger partial charge in [0.2, 0.25) is 0 Å². The number of para-hydroxylation sites is 1. The Morgan fingerprint density at radius 2 is 1.81 bits per heavy atom. The van der Waals surface area contributed by atoms with E-state index in [2.05, 4.69) is 28.0 Å². The van der Waals surface area contributed by atoms with Crippen molar-refractivity contribution in [2.45, 2.75) is 19.4 Å². The first-order valence-electron chi connectivity index (χ1n) is 9.75. The lowest BCUT2D eigenvalue weighted by molar-refractivity contribution is 0.0346. The second kappa shape index (κ2) is 9.18. The van der Waals surface area contributed by atoms with E-state index in [-0.39, 0.29) is 0 Å². The molecule has 0 aliphatic carbocycles. The van der Waals surface area contributed by atoms with Crippen LogP contribution in [0.3, 0.4) is 0 Å². The Balaban J connectivity index is 1.60. The van der Waals surface area contributed by atoms with Gasteiger partial charge in [0.05, 0.1) is 20.3 Å². The average Bonchev–Trinajstić information content (AvgIpc) is 3.00. The molecule has 0 N–H and O–H groups in total. The zero-order chi connectivity index (χ0) is 18.4. The van der Waals surface area contributed by atoms with Crippen molar-refractivity contribution in [1.29, 1.82) is 0 Å². The number of benzene rings is 1. The maximum Gasteiger partial charge on any atom is 0.123 e. The van der Waals surface area contributed by atoms with Gasteiger partial charge in [0.1, 0.15) is 5.75 Å². The highest BCUT2D eigenvalue weighted by molar-refractivity contribution is 5.33. The molecule has 2 saturated heterocycles. The summed E-state index contributed by atoms with van der Waals surface area (Å²) in [7, 11) is 5.38. The molecule has 0 bridgehead atoms. The molecule has 1 atom stereocenters. The van der Waals surface area contributed by atoms with Gasteiger partial charge in [-0.3, -0.25) is 4.90 Å². The number of hydrogen-bond acceptors (Lipinski definition) is 5. The molecule has 1 unspecified atom stereocenters. The van der Waals surface area contributed by atoms with Crippen LogP contribution in [0.4, 0.5) is 0 Å². The first kappa shape index (κ1) is 19.6. The zero-order valence-electron chi connectivity index (χ0n) is 16.6. The van der Waals surface area contributed by atoms with Gasteiger partial charge in [0.25, 0.3) is 0 Å². The molecule has 0 radical (unpaired) electrons. The first-order chi connectivity index (χ1) is 12.7. The molecule has 146 valence electrons. The number of hydrogen-bond donors (Lipinski definition) is 0. The summed E-state index contributed by atoms with van der Waals surface area (Å²) in [5, 5.41) is 0. The summed E-state index contributed by atoms with van der Waals surface area (Å²) < 4.78 is 16.4. The van der Waals surface area contributed by atoms with E-state index in [1.807, 2.05) is 13.2 Å². The van der Waals surface area contributed by atoms with Gasteiger partial charge >= 0.3 is 0 Å². The Morgan fingerprint density at radius 1 is 1.04 bits per heavy atom. The van der Waals surface area contributed by atoms with Crippen molar-refractivity contribution in [3.63, 3.8) is 0 Å². The van der Waals surface area contributed by atoms with Crippen LogP contribution in [0.2, 0.25) is 0 Å². The minimum Gasteiger partial charge on any atom is -0.496 e. The highest BCUT2D eigenvalue weighted by atomic mass is 16.5. The van der Waals surface area contributed by atoms with Crippen molar-refractivity contribution in [2.75, 3.05) is 67.3 Å². The van der Waals surface area contributed by atoms with Crippen molar-refractivity contribution in [3.05, 3.63) is 29.8 Å². The fraction of sp³-hybridized carbons (Fsp3) is 0.714. The van der Waals surface area contributed by atoms with E-state index >= 15 is 0 Å². The summed E-state index contributed by atoms with van der Waals surface area (Å²) in [6.45, 7) is 8.32. The fourth-order valence-corrected chi connectivity index (χ4v) is 4.76. The van der Waals surface area contributed by atoms with Crippen molar-refractivity contribution in [3.8, 4) is 5.75 Å². The smallest absolute Gasteiger partial charge is 0.123 e. The van der Waals surface area contributed by atoms with E-state index < -0.39 is 0 Å². The lowest BCUT2D eigenvalue weighted by atomic mass is 9.71. The van der Waals surface area contributed by atoms with Gasteiger partial charge in [0.15, 0.2) is 0 Å². The van der Waals surface area contributed by atoms with Crippen molar-refractivity contribution >= 4 is 0 Å². The van der Waals surface area contributed by atoms with Gasteiger partial charge < -0.3 is 19.1 Å². The van der Waals surface area contributed by atoms with Gasteiger partial charge in [-0.2, -0.15) is 0 Å². The molecule has 2 aliphatic heterocycles. The molecule has 26 heavy (non-hydrogen) atoms. The molecule has 2 aliphatic rings. The van der Waals surface area contributed by atoms with E-state index in [0.717, 1.165) is 51.7 Å². The molecule has 1 spiro atoms. The lowest BCUT2D eigenvalue weighted by Gasteiger charge is -2.42. The minimum absolute atomic E-state index is 0.404. The Labute approximate surface area is 158 Å². The number of methoxy groups -OCH3 is 3. The maximum atomic E-state index is 5.57. The van der Waals surface area contributed by atoms with Crippen molar-refractivity contribution < 1.29 is 14.2 Å². The first-order valence-corrected chi connectivity index (χ1v) is 9.75. The summed E-state index contributed by atoms with van der Waals surface area (Å²) in [5.41, 5.74) is 1.69. The Morgan fingerprint density at radius 3 is 2.50 bits per heavy atom. The van der Waals surface area contributed by atoms with Gasteiger partial charge in [-0.05, 0) is 37.4 Å². The fourth-order valence-electron chi connectivity index (χ4n) is 4.76. The van der Waals surface area contributed by atoms with E-state index in [1.165, 1.54) is 24.9 Å². The quantitative estimate of drug-likeness (QED) is 0.710. The van der Waals surface area contributed by atoms with E-state index in [9.17, 15) is 0 Å². The normalized spacial score (nSPS) is 23.6. The van der Waals surface area contributed by atoms with Crippen LogP contribution in [0.25, 0.3) is 0 Å². The van der Waals surface area contributed by atoms with E-state index in [1.54, 1.807) is 14.2 Å². The molecular weight excluding hydrogens is 328 g/mol. The topological polar surface area (TPSA) is 34.2 Å². The van der Waals surface area contributed by atoms with Gasteiger partial charge in [-0.15, -0.1) is 0 Å². The monoisotopic (exact) mass is 362 g/mol. The number of rotatable bonds is 8. The molecule has 2 fully saturated rings. The molecular formula is C21H34N2O3. The summed E-state index contributed by atoms with van der Waals surface area (Å²) in [5.74, 6) is 1.63. The molecule has 1 aromatic rings. The summed E-state index contributed by atoms with van der Waals surface area (Å²) in [6.07, 6.45) is 2.50. The highest BCUT2D eigenvalue weighted by Crippen LogP contribution is 2.45. The standard InChI is InChI=1S/C21H34N2O3/c1-24-13-12-23-15-19(16-25-2)21(17-23)8-10-22(11-9-21)14-18-6-4-5-7-20(18)26-3/h4-7,19H,8-17H2,1-3H3. The van der Waals surface area contributed by atoms with Crippen LogP contribution < -0.4 is 4.74 Å². The Kier molecular flexibility index (Phi) is 6.92. The van der Waals surface area contributed by atoms with Crippen molar-refractivity contribution in [1.82, 2.24) is 9.80 Å². The maximum absolute atomic E-state index is 5.57. The second-order valence-electron chi connectivity index (χ2n) is 7.83. The third kappa shape index (κ3) is 4.39. The summed E-state index contributed by atoms with van der Waals surface area (Å²) in [6, 6.07) is 8.37. The Hall–Kier alpha value is -1.14. The van der Waals surface area contributed by atoms with Gasteiger partial charge in [-0.25, -0.2) is 0 Å². The zero-order valence-corrected chi connectivity index (χ0v) is 16.6. The minimum atomic E-state index is 0.404. The molecule has 1 aromatic carbocycles. The van der Waals surface area contributed by atoms with Crippen LogP contribution in [0.15, 0.2) is 24.3 Å². The summed E-state index contributed by atoms with van der Waals surface area (Å²) >= 11 is 0. The number of likely N-dealkylation sites (tertiary alicyclic amines) is 2. The van der Waals surface area contributed by atoms with Crippen LogP contribution in [-0.2, 0) is 16.0 Å². The van der Waals surface area contributed by atoms with Crippen LogP contribution in [-0.4, -0.2) is 77.1 Å². The predicted molar refractivity (Wildman–Crippen MR) is 104 cm³/mol. The molecule has 0 saturated carbocycles. The Bertz CT molecular complexity index is 558. The number of nitrogens with zero attached hydrogens (tertiary/aromatic N) is 2. The van der Waals surface area contributed by atoms with Gasteiger partial charge in [-0.1, -0.05) is 18.2 Å². The molecule has 5 nitrogen and oxygen atoms in total. The number of ether oxygens (including phenoxy) is 3. The molecule has 0 aromatic heterocycles. The van der Waals surface area contributed by atoms with Crippen LogP contribution >= 0.6 is 0 Å². The SMILES string of the molecule is COCCN1CC(COC)C2(CCN(Cc3ccccc3OC)CC2)C1. The van der Waals surface area contributed by atoms with E-state index in [0.29, 0.717) is 11.3 Å². The molecule has 0 amide bonds. The van der Waals surface area contributed by atoms with Gasteiger partial charge in [0, 0.05) is 51.9 Å². The second-order valence-corrected chi connectivity index (χ2v) is 7.83. The third-order valence-corrected chi connectivity index (χ3v) is 6.30. The summed E-state index contributed by atoms with van der Waals surface area (Å²) in [4.78, 5) is 5.15. The number of piperidine rings is 1. The van der Waals surface area contributed by atoms with Crippen LogP contribution in [0.1, 0.15) is 18.4 Å². The molecule has 3 rings (SSSR count). The third-order valence-electron chi connectivity index (χ3n) is 6.30. The average molecular weight is 363 g/mol. The van der Waals surface area contributed by atoms with Crippen LogP contribution in [0.5, 0.6) is 5.75 Å². The predicted octanol–water partition coefficient (Wildman–Crippen LogP) is 2.50. The van der Waals surface area contributed by atoms with E-state index in [4.69, 9.17) is 14.2 Å².